The number of carboxylic acid groups (broad SMARTS) is 2. The third-order valence-electron chi connectivity index (χ3n) is 2.31. The molecule has 2 N–H and O–H groups in total. The van der Waals surface area contributed by atoms with Gasteiger partial charge in [0.2, 0.25) is 5.91 Å². The average molecular weight is 279 g/mol. The van der Waals surface area contributed by atoms with Gasteiger partial charge in [0, 0.05) is 71.8 Å². The molecule has 86 valence electrons. The maximum absolute atomic E-state index is 11.3. The van der Waals surface area contributed by atoms with Crippen molar-refractivity contribution < 1.29 is 24.6 Å². The van der Waals surface area contributed by atoms with Crippen molar-refractivity contribution in [2.24, 2.45) is 0 Å². The quantitative estimate of drug-likeness (QED) is 0.634. The maximum atomic E-state index is 11.3. The molecule has 0 aromatic heterocycles. The van der Waals surface area contributed by atoms with Gasteiger partial charge in [0.1, 0.15) is 6.04 Å². The van der Waals surface area contributed by atoms with Crippen molar-refractivity contribution in [2.45, 2.75) is 24.8 Å². The number of carbonyl (C=O) groups is 3. The van der Waals surface area contributed by atoms with Gasteiger partial charge in [-0.05, 0) is 6.92 Å². The van der Waals surface area contributed by atoms with E-state index in [0.29, 0.717) is 0 Å². The molecule has 0 bridgehead atoms. The second-order valence-corrected chi connectivity index (χ2v) is 4.76. The van der Waals surface area contributed by atoms with E-state index in [0.717, 1.165) is 16.7 Å². The molecule has 1 rings (SSSR count). The van der Waals surface area contributed by atoms with Crippen LogP contribution in [0.1, 0.15) is 13.8 Å². The number of hydrogen-bond donors (Lipinski definition) is 2. The van der Waals surface area contributed by atoms with Crippen LogP contribution in [-0.2, 0) is 14.4 Å². The molecule has 1 heterocycles. The first-order valence-corrected chi connectivity index (χ1v) is 5.19. The van der Waals surface area contributed by atoms with Crippen LogP contribution in [0.4, 0.5) is 0 Å². The monoisotopic (exact) mass is 279 g/mol. The fourth-order valence-corrected chi connectivity index (χ4v) is 2.84. The summed E-state index contributed by atoms with van der Waals surface area (Å²) in [6.45, 7) is 2.51. The first-order valence-electron chi connectivity index (χ1n) is 4.20. The molecule has 0 spiro atoms. The second kappa shape index (κ2) is 7.37. The summed E-state index contributed by atoms with van der Waals surface area (Å²) >= 11 is 0.950. The summed E-state index contributed by atoms with van der Waals surface area (Å²) in [4.78, 5) is 32.5. The minimum absolute atomic E-state index is 0. The van der Waals surface area contributed by atoms with Gasteiger partial charge >= 0.3 is 11.9 Å². The predicted molar refractivity (Wildman–Crippen MR) is 64.0 cm³/mol. The fourth-order valence-electron chi connectivity index (χ4n) is 1.55. The van der Waals surface area contributed by atoms with E-state index in [9.17, 15) is 14.4 Å². The Morgan fingerprint density at radius 3 is 2.06 bits per heavy atom. The average Bonchev–Trinajstić information content (AvgIpc) is 2.44. The number of thioether (sulfide) groups is 1. The van der Waals surface area contributed by atoms with Crippen LogP contribution in [-0.4, -0.2) is 109 Å². The van der Waals surface area contributed by atoms with Crippen molar-refractivity contribution in [1.82, 2.24) is 4.90 Å². The number of nitrogens with zero attached hydrogens (tertiary/aromatic N) is 1. The van der Waals surface area contributed by atoms with Crippen molar-refractivity contribution in [3.63, 3.8) is 0 Å². The first-order chi connectivity index (χ1) is 6.80. The van der Waals surface area contributed by atoms with Gasteiger partial charge in [-0.2, -0.15) is 0 Å². The second-order valence-electron chi connectivity index (χ2n) is 3.34. The van der Waals surface area contributed by atoms with Crippen LogP contribution in [0.15, 0.2) is 0 Å². The summed E-state index contributed by atoms with van der Waals surface area (Å²) in [6, 6.07) is -1.06. The number of carboxylic acids is 2. The minimum atomic E-state index is -1.48. The Hall–Kier alpha value is 0.760. The Morgan fingerprint density at radius 2 is 1.76 bits per heavy atom. The van der Waals surface area contributed by atoms with E-state index in [4.69, 9.17) is 10.2 Å². The van der Waals surface area contributed by atoms with Gasteiger partial charge in [-0.3, -0.25) is 4.79 Å². The van der Waals surface area contributed by atoms with Crippen LogP contribution in [0.2, 0.25) is 0 Å². The van der Waals surface area contributed by atoms with E-state index < -0.39 is 28.8 Å². The normalized spacial score (nSPS) is 26.7. The Kier molecular flexibility index (Phi) is 8.71. The van der Waals surface area contributed by atoms with E-state index in [1.807, 2.05) is 0 Å². The van der Waals surface area contributed by atoms with Gasteiger partial charge in [0.15, 0.2) is 4.87 Å². The maximum Gasteiger partial charge on any atom is 0.340 e. The van der Waals surface area contributed by atoms with Gasteiger partial charge < -0.3 is 15.1 Å². The third-order valence-corrected chi connectivity index (χ3v) is 3.73. The smallest absolute Gasteiger partial charge is 0.340 e. The molecule has 0 saturated carbocycles. The Balaban J connectivity index is 0. The van der Waals surface area contributed by atoms with Gasteiger partial charge in [0.05, 0.1) is 0 Å². The van der Waals surface area contributed by atoms with Crippen molar-refractivity contribution in [3.05, 3.63) is 0 Å². The molecule has 2 atom stereocenters. The van der Waals surface area contributed by atoms with E-state index in [1.165, 1.54) is 13.8 Å². The molecule has 1 amide bonds. The molecule has 0 aliphatic carbocycles. The van der Waals surface area contributed by atoms with Crippen LogP contribution < -0.4 is 0 Å². The number of aliphatic carboxylic acids is 2. The summed E-state index contributed by atoms with van der Waals surface area (Å²) in [7, 11) is 0. The van der Waals surface area contributed by atoms with E-state index in [1.54, 1.807) is 0 Å². The molecule has 6 nitrogen and oxygen atoms in total. The van der Waals surface area contributed by atoms with Crippen molar-refractivity contribution >= 4 is 88.7 Å². The number of amides is 1. The molecular formula is C8H11NNa2O5S. The van der Waals surface area contributed by atoms with Gasteiger partial charge in [-0.1, -0.05) is 0 Å². The minimum Gasteiger partial charge on any atom is -0.480 e. The molecule has 1 aliphatic rings. The topological polar surface area (TPSA) is 94.9 Å². The van der Waals surface area contributed by atoms with E-state index in [-0.39, 0.29) is 64.9 Å². The van der Waals surface area contributed by atoms with E-state index >= 15 is 0 Å². The van der Waals surface area contributed by atoms with Gasteiger partial charge in [0.25, 0.3) is 0 Å². The largest absolute Gasteiger partial charge is 0.480 e. The summed E-state index contributed by atoms with van der Waals surface area (Å²) in [5.74, 6) is -2.83. The van der Waals surface area contributed by atoms with Crippen molar-refractivity contribution in [2.75, 3.05) is 5.75 Å². The SMILES string of the molecule is CC(=O)N1C(C(=O)O)CSC1(C)C(=O)O.[Na].[Na]. The standard InChI is InChI=1S/C8H11NO5S.2Na/c1-4(10)9-5(6(11)12)3-15-8(9,2)7(13)14;;/h5H,3H2,1-2H3,(H,11,12)(H,13,14);;. The van der Waals surface area contributed by atoms with Crippen LogP contribution >= 0.6 is 11.8 Å². The zero-order valence-electron chi connectivity index (χ0n) is 10.3. The fraction of sp³-hybridized carbons (Fsp3) is 0.625. The zero-order valence-corrected chi connectivity index (χ0v) is 15.1. The molecule has 9 heteroatoms. The molecule has 1 fully saturated rings. The molecule has 17 heavy (non-hydrogen) atoms. The van der Waals surface area contributed by atoms with Gasteiger partial charge in [-0.15, -0.1) is 11.8 Å². The zero-order chi connectivity index (χ0) is 11.8. The molecule has 2 unspecified atom stereocenters. The molecule has 0 aromatic rings. The molecule has 1 saturated heterocycles. The van der Waals surface area contributed by atoms with Crippen molar-refractivity contribution in [1.29, 1.82) is 0 Å². The molecule has 2 radical (unpaired) electrons. The first kappa shape index (κ1) is 20.1. The third kappa shape index (κ3) is 3.86. The summed E-state index contributed by atoms with van der Waals surface area (Å²) in [5.41, 5.74) is 0. The number of hydrogen-bond acceptors (Lipinski definition) is 4. The van der Waals surface area contributed by atoms with Crippen LogP contribution in [0.25, 0.3) is 0 Å². The summed E-state index contributed by atoms with van der Waals surface area (Å²) in [6.07, 6.45) is 0. The summed E-state index contributed by atoms with van der Waals surface area (Å²) in [5, 5.41) is 17.8. The Morgan fingerprint density at radius 1 is 1.29 bits per heavy atom. The summed E-state index contributed by atoms with van der Waals surface area (Å²) < 4.78 is 0. The Bertz CT molecular complexity index is 340. The molecule has 1 aliphatic heterocycles. The molecular weight excluding hydrogens is 268 g/mol. The predicted octanol–water partition coefficient (Wildman–Crippen LogP) is -0.926. The van der Waals surface area contributed by atoms with Crippen molar-refractivity contribution in [3.8, 4) is 0 Å². The number of rotatable bonds is 2. The van der Waals surface area contributed by atoms with Gasteiger partial charge in [-0.25, -0.2) is 9.59 Å². The van der Waals surface area contributed by atoms with Crippen LogP contribution in [0.3, 0.4) is 0 Å². The van der Waals surface area contributed by atoms with Crippen LogP contribution in [0.5, 0.6) is 0 Å². The Labute approximate surface area is 147 Å². The van der Waals surface area contributed by atoms with Crippen LogP contribution in [0, 0.1) is 0 Å². The van der Waals surface area contributed by atoms with E-state index in [2.05, 4.69) is 0 Å². The molecule has 0 aromatic carbocycles. The number of carbonyl (C=O) groups excluding carboxylic acids is 1.